The van der Waals surface area contributed by atoms with Crippen LogP contribution in [0.3, 0.4) is 0 Å². The van der Waals surface area contributed by atoms with Crippen molar-refractivity contribution in [2.24, 2.45) is 0 Å². The zero-order chi connectivity index (χ0) is 16.9. The SMILES string of the molecule is CC12CCCN1c1ccccc1C(=O)N2Nc1ccc(Cl)cc1Cl. The number of carbonyl (C=O) groups excluding carboxylic acids is 1. The molecule has 2 aliphatic heterocycles. The van der Waals surface area contributed by atoms with E-state index in [1.165, 1.54) is 0 Å². The molecule has 0 aromatic heterocycles. The Hall–Kier alpha value is -1.91. The molecule has 1 atom stereocenters. The highest BCUT2D eigenvalue weighted by Crippen LogP contribution is 2.43. The first-order valence-electron chi connectivity index (χ1n) is 7.94. The summed E-state index contributed by atoms with van der Waals surface area (Å²) in [5.74, 6) is -0.0442. The normalized spacial score (nSPS) is 22.4. The van der Waals surface area contributed by atoms with Gasteiger partial charge in [0.2, 0.25) is 0 Å². The number of halogens is 2. The molecular formula is C18H17Cl2N3O. The molecule has 0 radical (unpaired) electrons. The molecule has 2 heterocycles. The maximum Gasteiger partial charge on any atom is 0.276 e. The number of anilines is 2. The second-order valence-electron chi connectivity index (χ2n) is 6.37. The summed E-state index contributed by atoms with van der Waals surface area (Å²) >= 11 is 12.3. The monoisotopic (exact) mass is 361 g/mol. The third-order valence-corrected chi connectivity index (χ3v) is 5.43. The molecule has 0 spiro atoms. The number of para-hydroxylation sites is 1. The quantitative estimate of drug-likeness (QED) is 0.834. The van der Waals surface area contributed by atoms with E-state index in [0.29, 0.717) is 21.3 Å². The lowest BCUT2D eigenvalue weighted by atomic mass is 10.0. The van der Waals surface area contributed by atoms with Crippen LogP contribution in [0.2, 0.25) is 10.0 Å². The number of nitrogens with zero attached hydrogens (tertiary/aromatic N) is 2. The molecular weight excluding hydrogens is 345 g/mol. The lowest BCUT2D eigenvalue weighted by Crippen LogP contribution is -2.63. The van der Waals surface area contributed by atoms with Crippen molar-refractivity contribution in [1.29, 1.82) is 0 Å². The molecule has 24 heavy (non-hydrogen) atoms. The van der Waals surface area contributed by atoms with Gasteiger partial charge in [-0.1, -0.05) is 35.3 Å². The molecule has 2 aromatic carbocycles. The van der Waals surface area contributed by atoms with E-state index in [9.17, 15) is 4.79 Å². The number of fused-ring (bicyclic) bond motifs is 3. The van der Waals surface area contributed by atoms with Crippen molar-refractivity contribution in [3.63, 3.8) is 0 Å². The maximum atomic E-state index is 13.1. The molecule has 124 valence electrons. The lowest BCUT2D eigenvalue weighted by Gasteiger charge is -2.49. The first kappa shape index (κ1) is 15.6. The Morgan fingerprint density at radius 3 is 2.75 bits per heavy atom. The Balaban J connectivity index is 1.78. The van der Waals surface area contributed by atoms with Crippen molar-refractivity contribution in [1.82, 2.24) is 5.01 Å². The molecule has 1 fully saturated rings. The highest BCUT2D eigenvalue weighted by Gasteiger charge is 2.49. The van der Waals surface area contributed by atoms with Crippen LogP contribution in [-0.2, 0) is 0 Å². The van der Waals surface area contributed by atoms with Gasteiger partial charge < -0.3 is 4.90 Å². The molecule has 4 rings (SSSR count). The second-order valence-corrected chi connectivity index (χ2v) is 7.21. The van der Waals surface area contributed by atoms with Crippen LogP contribution in [0, 0.1) is 0 Å². The van der Waals surface area contributed by atoms with Crippen LogP contribution in [-0.4, -0.2) is 23.1 Å². The Morgan fingerprint density at radius 1 is 1.17 bits per heavy atom. The topological polar surface area (TPSA) is 35.6 Å². The molecule has 4 nitrogen and oxygen atoms in total. The molecule has 1 unspecified atom stereocenters. The summed E-state index contributed by atoms with van der Waals surface area (Å²) in [6, 6.07) is 13.0. The first-order chi connectivity index (χ1) is 11.5. The van der Waals surface area contributed by atoms with Crippen molar-refractivity contribution in [3.05, 3.63) is 58.1 Å². The molecule has 2 aliphatic rings. The summed E-state index contributed by atoms with van der Waals surface area (Å²) < 4.78 is 0. The molecule has 0 bridgehead atoms. The third-order valence-electron chi connectivity index (χ3n) is 4.89. The first-order valence-corrected chi connectivity index (χ1v) is 8.69. The molecule has 1 N–H and O–H groups in total. The van der Waals surface area contributed by atoms with Gasteiger partial charge in [-0.05, 0) is 50.1 Å². The summed E-state index contributed by atoms with van der Waals surface area (Å²) in [6.07, 6.45) is 1.93. The van der Waals surface area contributed by atoms with Gasteiger partial charge in [-0.15, -0.1) is 0 Å². The summed E-state index contributed by atoms with van der Waals surface area (Å²) in [6.45, 7) is 3.01. The van der Waals surface area contributed by atoms with E-state index in [1.54, 1.807) is 23.2 Å². The number of nitrogens with one attached hydrogen (secondary N) is 1. The van der Waals surface area contributed by atoms with Crippen molar-refractivity contribution in [2.45, 2.75) is 25.4 Å². The van der Waals surface area contributed by atoms with Gasteiger partial charge in [-0.3, -0.25) is 10.2 Å². The van der Waals surface area contributed by atoms with Crippen LogP contribution in [0.25, 0.3) is 0 Å². The van der Waals surface area contributed by atoms with E-state index in [-0.39, 0.29) is 5.91 Å². The zero-order valence-electron chi connectivity index (χ0n) is 13.2. The molecule has 0 saturated carbocycles. The van der Waals surface area contributed by atoms with Crippen LogP contribution >= 0.6 is 23.2 Å². The highest BCUT2D eigenvalue weighted by molar-refractivity contribution is 6.36. The molecule has 1 saturated heterocycles. The molecule has 1 amide bonds. The van der Waals surface area contributed by atoms with E-state index in [2.05, 4.69) is 17.2 Å². The fourth-order valence-corrected chi connectivity index (χ4v) is 4.11. The standard InChI is InChI=1S/C18H17Cl2N3O/c1-18-9-4-10-22(18)16-6-3-2-5-13(16)17(24)23(18)21-15-8-7-12(19)11-14(15)20/h2-3,5-8,11,21H,4,9-10H2,1H3. The predicted octanol–water partition coefficient (Wildman–Crippen LogP) is 4.79. The number of hydrogen-bond donors (Lipinski definition) is 1. The largest absolute Gasteiger partial charge is 0.347 e. The fraction of sp³-hybridized carbons (Fsp3) is 0.278. The van der Waals surface area contributed by atoms with Crippen LogP contribution in [0.1, 0.15) is 30.1 Å². The summed E-state index contributed by atoms with van der Waals surface area (Å²) in [5, 5.41) is 2.76. The van der Waals surface area contributed by atoms with Gasteiger partial charge in [0.15, 0.2) is 0 Å². The number of amides is 1. The second kappa shape index (κ2) is 5.57. The van der Waals surface area contributed by atoms with Gasteiger partial charge in [0.05, 0.1) is 22.0 Å². The zero-order valence-corrected chi connectivity index (χ0v) is 14.7. The van der Waals surface area contributed by atoms with Gasteiger partial charge in [-0.2, -0.15) is 0 Å². The molecule has 0 aliphatic carbocycles. The smallest absolute Gasteiger partial charge is 0.276 e. The van der Waals surface area contributed by atoms with E-state index < -0.39 is 5.66 Å². The highest BCUT2D eigenvalue weighted by atomic mass is 35.5. The van der Waals surface area contributed by atoms with Crippen LogP contribution < -0.4 is 10.3 Å². The van der Waals surface area contributed by atoms with Gasteiger partial charge in [0.1, 0.15) is 5.66 Å². The minimum atomic E-state index is -0.422. The minimum absolute atomic E-state index is 0.0442. The Kier molecular flexibility index (Phi) is 3.62. The van der Waals surface area contributed by atoms with E-state index in [1.807, 2.05) is 24.3 Å². The Morgan fingerprint density at radius 2 is 1.96 bits per heavy atom. The van der Waals surface area contributed by atoms with Crippen molar-refractivity contribution < 1.29 is 4.79 Å². The van der Waals surface area contributed by atoms with Gasteiger partial charge in [0, 0.05) is 11.6 Å². The van der Waals surface area contributed by atoms with Crippen molar-refractivity contribution in [2.75, 3.05) is 16.9 Å². The number of benzene rings is 2. The molecule has 6 heteroatoms. The van der Waals surface area contributed by atoms with Gasteiger partial charge >= 0.3 is 0 Å². The fourth-order valence-electron chi connectivity index (χ4n) is 3.66. The van der Waals surface area contributed by atoms with Gasteiger partial charge in [-0.25, -0.2) is 5.01 Å². The molecule has 2 aromatic rings. The number of hydrogen-bond acceptors (Lipinski definition) is 3. The summed E-state index contributed by atoms with van der Waals surface area (Å²) in [7, 11) is 0. The predicted molar refractivity (Wildman–Crippen MR) is 97.7 cm³/mol. The number of carbonyl (C=O) groups is 1. The van der Waals surface area contributed by atoms with E-state index in [0.717, 1.165) is 25.1 Å². The average molecular weight is 362 g/mol. The summed E-state index contributed by atoms with van der Waals surface area (Å²) in [4.78, 5) is 15.4. The van der Waals surface area contributed by atoms with E-state index >= 15 is 0 Å². The number of hydrazine groups is 1. The lowest BCUT2D eigenvalue weighted by molar-refractivity contribution is 0.0580. The Labute approximate surface area is 150 Å². The summed E-state index contributed by atoms with van der Waals surface area (Å²) in [5.41, 5.74) is 5.18. The Bertz CT molecular complexity index is 826. The van der Waals surface area contributed by atoms with E-state index in [4.69, 9.17) is 23.2 Å². The average Bonchev–Trinajstić information content (AvgIpc) is 2.96. The maximum absolute atomic E-state index is 13.1. The van der Waals surface area contributed by atoms with Gasteiger partial charge in [0.25, 0.3) is 5.91 Å². The van der Waals surface area contributed by atoms with Crippen LogP contribution in [0.15, 0.2) is 42.5 Å². The minimum Gasteiger partial charge on any atom is -0.347 e. The van der Waals surface area contributed by atoms with Crippen molar-refractivity contribution in [3.8, 4) is 0 Å². The van der Waals surface area contributed by atoms with Crippen LogP contribution in [0.4, 0.5) is 11.4 Å². The van der Waals surface area contributed by atoms with Crippen molar-refractivity contribution >= 4 is 40.5 Å². The van der Waals surface area contributed by atoms with Crippen LogP contribution in [0.5, 0.6) is 0 Å². The number of rotatable bonds is 2. The third kappa shape index (κ3) is 2.25.